The van der Waals surface area contributed by atoms with Crippen molar-refractivity contribution < 1.29 is 18.3 Å². The van der Waals surface area contributed by atoms with E-state index in [2.05, 4.69) is 0 Å². The van der Waals surface area contributed by atoms with Crippen molar-refractivity contribution in [3.8, 4) is 0 Å². The monoisotopic (exact) mass is 441 g/mol. The minimum atomic E-state index is -3.95. The van der Waals surface area contributed by atoms with Crippen LogP contribution in [0.4, 0.5) is 0 Å². The molecule has 0 fully saturated rings. The lowest BCUT2D eigenvalue weighted by atomic mass is 10.1. The molecule has 0 spiro atoms. The van der Waals surface area contributed by atoms with Crippen LogP contribution in [0.5, 0.6) is 0 Å². The van der Waals surface area contributed by atoms with Gasteiger partial charge in [-0.3, -0.25) is 4.79 Å². The average Bonchev–Trinajstić information content (AvgIpc) is 2.73. The van der Waals surface area contributed by atoms with Gasteiger partial charge in [-0.15, -0.1) is 0 Å². The number of nitrogens with zero attached hydrogens (tertiary/aromatic N) is 1. The van der Waals surface area contributed by atoms with Crippen LogP contribution in [-0.2, 0) is 21.2 Å². The molecule has 5 nitrogen and oxygen atoms in total. The van der Waals surface area contributed by atoms with Crippen LogP contribution in [-0.4, -0.2) is 36.9 Å². The predicted octanol–water partition coefficient (Wildman–Crippen LogP) is 4.46. The van der Waals surface area contributed by atoms with Gasteiger partial charge in [0.25, 0.3) is 0 Å². The SMILES string of the molecule is Cc1ccc(S(=O)(=O)N(C)[C@@H](Cc2ccccc2Sc2ccccc2)C(=O)O)cc1. The Morgan fingerprint density at radius 3 is 2.20 bits per heavy atom. The maximum Gasteiger partial charge on any atom is 0.322 e. The number of likely N-dealkylation sites (N-methyl/N-ethyl adjacent to an activating group) is 1. The first kappa shape index (κ1) is 22.1. The minimum absolute atomic E-state index is 0.0624. The lowest BCUT2D eigenvalue weighted by Crippen LogP contribution is -2.43. The molecule has 0 unspecified atom stereocenters. The highest BCUT2D eigenvalue weighted by Crippen LogP contribution is 2.31. The van der Waals surface area contributed by atoms with Crippen molar-refractivity contribution >= 4 is 27.8 Å². The van der Waals surface area contributed by atoms with Crippen LogP contribution in [0.25, 0.3) is 0 Å². The van der Waals surface area contributed by atoms with Crippen LogP contribution in [0.2, 0.25) is 0 Å². The second kappa shape index (κ2) is 9.47. The Labute approximate surface area is 181 Å². The third-order valence-corrected chi connectivity index (χ3v) is 7.79. The molecule has 7 heteroatoms. The largest absolute Gasteiger partial charge is 0.480 e. The van der Waals surface area contributed by atoms with Gasteiger partial charge >= 0.3 is 5.97 Å². The van der Waals surface area contributed by atoms with Crippen molar-refractivity contribution in [2.24, 2.45) is 0 Å². The number of hydrogen-bond donors (Lipinski definition) is 1. The Hall–Kier alpha value is -2.61. The number of aryl methyl sites for hydroxylation is 1. The standard InChI is InChI=1S/C23H23NO4S2/c1-17-12-14-20(15-13-17)30(27,28)24(2)21(23(25)26)16-18-8-6-7-11-22(18)29-19-9-4-3-5-10-19/h3-15,21H,16H2,1-2H3,(H,25,26)/t21-/m0/s1. The van der Waals surface area contributed by atoms with Crippen LogP contribution >= 0.6 is 11.8 Å². The van der Waals surface area contributed by atoms with Gasteiger partial charge in [-0.25, -0.2) is 8.42 Å². The smallest absolute Gasteiger partial charge is 0.322 e. The molecule has 1 N–H and O–H groups in total. The molecule has 156 valence electrons. The number of carbonyl (C=O) groups is 1. The molecule has 0 saturated carbocycles. The molecule has 3 rings (SSSR count). The van der Waals surface area contributed by atoms with Gasteiger partial charge in [-0.05, 0) is 42.8 Å². The van der Waals surface area contributed by atoms with Crippen molar-refractivity contribution in [1.82, 2.24) is 4.31 Å². The predicted molar refractivity (Wildman–Crippen MR) is 118 cm³/mol. The van der Waals surface area contributed by atoms with E-state index in [-0.39, 0.29) is 11.3 Å². The quantitative estimate of drug-likeness (QED) is 0.559. The van der Waals surface area contributed by atoms with Gasteiger partial charge in [0.2, 0.25) is 10.0 Å². The summed E-state index contributed by atoms with van der Waals surface area (Å²) in [6, 6.07) is 22.4. The first-order chi connectivity index (χ1) is 14.3. The van der Waals surface area contributed by atoms with Gasteiger partial charge in [-0.1, -0.05) is 65.9 Å². The van der Waals surface area contributed by atoms with Gasteiger partial charge in [0.15, 0.2) is 0 Å². The Morgan fingerprint density at radius 1 is 0.967 bits per heavy atom. The molecule has 30 heavy (non-hydrogen) atoms. The fourth-order valence-corrected chi connectivity index (χ4v) is 5.30. The summed E-state index contributed by atoms with van der Waals surface area (Å²) in [5.41, 5.74) is 1.71. The first-order valence-corrected chi connectivity index (χ1v) is 11.6. The second-order valence-corrected chi connectivity index (χ2v) is 10.0. The van der Waals surface area contributed by atoms with E-state index < -0.39 is 22.0 Å². The number of sulfonamides is 1. The van der Waals surface area contributed by atoms with E-state index in [9.17, 15) is 18.3 Å². The summed E-state index contributed by atoms with van der Waals surface area (Å²) in [4.78, 5) is 14.0. The third-order valence-electron chi connectivity index (χ3n) is 4.78. The topological polar surface area (TPSA) is 74.7 Å². The summed E-state index contributed by atoms with van der Waals surface area (Å²) < 4.78 is 27.0. The van der Waals surface area contributed by atoms with Crippen LogP contribution in [0, 0.1) is 6.92 Å². The van der Waals surface area contributed by atoms with Gasteiger partial charge in [0.1, 0.15) is 6.04 Å². The van der Waals surface area contributed by atoms with E-state index in [1.54, 1.807) is 12.1 Å². The van der Waals surface area contributed by atoms with E-state index in [4.69, 9.17) is 0 Å². The maximum atomic E-state index is 13.0. The number of carboxylic acids is 1. The van der Waals surface area contributed by atoms with Gasteiger partial charge in [-0.2, -0.15) is 4.31 Å². The summed E-state index contributed by atoms with van der Waals surface area (Å²) in [6.07, 6.45) is 0.0624. The zero-order valence-corrected chi connectivity index (χ0v) is 18.4. The number of aliphatic carboxylic acids is 1. The van der Waals surface area contributed by atoms with Crippen molar-refractivity contribution in [3.05, 3.63) is 90.0 Å². The second-order valence-electron chi connectivity index (χ2n) is 6.92. The van der Waals surface area contributed by atoms with Gasteiger partial charge < -0.3 is 5.11 Å². The molecule has 1 atom stereocenters. The fraction of sp³-hybridized carbons (Fsp3) is 0.174. The molecular weight excluding hydrogens is 418 g/mol. The first-order valence-electron chi connectivity index (χ1n) is 9.37. The summed E-state index contributed by atoms with van der Waals surface area (Å²) in [5, 5.41) is 9.83. The molecule has 3 aromatic rings. The fourth-order valence-electron chi connectivity index (χ4n) is 3.01. The summed E-state index contributed by atoms with van der Waals surface area (Å²) >= 11 is 1.52. The summed E-state index contributed by atoms with van der Waals surface area (Å²) in [6.45, 7) is 1.86. The van der Waals surface area contributed by atoms with E-state index in [1.807, 2.05) is 61.5 Å². The molecule has 0 aliphatic heterocycles. The van der Waals surface area contributed by atoms with Crippen LogP contribution in [0.15, 0.2) is 93.5 Å². The Bertz CT molecular complexity index is 1110. The van der Waals surface area contributed by atoms with Crippen LogP contribution < -0.4 is 0 Å². The summed E-state index contributed by atoms with van der Waals surface area (Å²) in [5.74, 6) is -1.19. The van der Waals surface area contributed by atoms with E-state index >= 15 is 0 Å². The third kappa shape index (κ3) is 5.11. The molecule has 0 bridgehead atoms. The highest BCUT2D eigenvalue weighted by Gasteiger charge is 2.33. The molecule has 0 aromatic heterocycles. The Balaban J connectivity index is 1.89. The highest BCUT2D eigenvalue weighted by molar-refractivity contribution is 7.99. The summed E-state index contributed by atoms with van der Waals surface area (Å²) in [7, 11) is -2.63. The van der Waals surface area contributed by atoms with Crippen LogP contribution in [0.3, 0.4) is 0 Å². The molecule has 0 radical (unpaired) electrons. The van der Waals surface area contributed by atoms with Crippen LogP contribution in [0.1, 0.15) is 11.1 Å². The lowest BCUT2D eigenvalue weighted by Gasteiger charge is -2.25. The molecule has 0 aliphatic carbocycles. The Morgan fingerprint density at radius 2 is 1.57 bits per heavy atom. The molecule has 3 aromatic carbocycles. The van der Waals surface area contributed by atoms with Gasteiger partial charge in [0.05, 0.1) is 4.90 Å². The zero-order valence-electron chi connectivity index (χ0n) is 16.7. The van der Waals surface area contributed by atoms with Crippen molar-refractivity contribution in [3.63, 3.8) is 0 Å². The van der Waals surface area contributed by atoms with Crippen molar-refractivity contribution in [1.29, 1.82) is 0 Å². The van der Waals surface area contributed by atoms with Crippen molar-refractivity contribution in [2.45, 2.75) is 34.1 Å². The van der Waals surface area contributed by atoms with Crippen molar-refractivity contribution in [2.75, 3.05) is 7.05 Å². The highest BCUT2D eigenvalue weighted by atomic mass is 32.2. The van der Waals surface area contributed by atoms with Gasteiger partial charge in [0, 0.05) is 23.3 Å². The number of benzene rings is 3. The normalized spacial score (nSPS) is 12.6. The number of rotatable bonds is 8. The van der Waals surface area contributed by atoms with E-state index in [0.717, 1.165) is 25.2 Å². The van der Waals surface area contributed by atoms with E-state index in [1.165, 1.54) is 30.9 Å². The Kier molecular flexibility index (Phi) is 6.97. The molecular formula is C23H23NO4S2. The molecule has 0 saturated heterocycles. The minimum Gasteiger partial charge on any atom is -0.480 e. The number of carboxylic acid groups (broad SMARTS) is 1. The molecule has 0 amide bonds. The zero-order chi connectivity index (χ0) is 21.7. The molecule has 0 aliphatic rings. The maximum absolute atomic E-state index is 13.0. The number of hydrogen-bond acceptors (Lipinski definition) is 4. The lowest BCUT2D eigenvalue weighted by molar-refractivity contribution is -0.141. The molecule has 0 heterocycles. The van der Waals surface area contributed by atoms with E-state index in [0.29, 0.717) is 0 Å². The average molecular weight is 442 g/mol.